The van der Waals surface area contributed by atoms with Crippen LogP contribution in [-0.2, 0) is 26.8 Å². The van der Waals surface area contributed by atoms with E-state index in [9.17, 15) is 18.0 Å². The van der Waals surface area contributed by atoms with Crippen molar-refractivity contribution in [1.82, 2.24) is 29.7 Å². The van der Waals surface area contributed by atoms with E-state index in [0.29, 0.717) is 13.1 Å². The van der Waals surface area contributed by atoms with Crippen molar-refractivity contribution in [1.29, 1.82) is 0 Å². The lowest BCUT2D eigenvalue weighted by atomic mass is 10.0. The lowest BCUT2D eigenvalue weighted by Crippen LogP contribution is -2.62. The SMILES string of the molecule is C[C@@H]1CN(c2ncc(C(F)(F)F)cn2)C[C@H](C)N1C(=O)NC1CCN(Cc2c[n+](C)cn2C)CC1. The lowest BCUT2D eigenvalue weighted by molar-refractivity contribution is -0.671. The largest absolute Gasteiger partial charge is 0.419 e. The average molecular weight is 496 g/mol. The highest BCUT2D eigenvalue weighted by Gasteiger charge is 2.36. The summed E-state index contributed by atoms with van der Waals surface area (Å²) in [6, 6.07) is -0.240. The second-order valence-corrected chi connectivity index (χ2v) is 9.79. The van der Waals surface area contributed by atoms with E-state index >= 15 is 0 Å². The number of nitrogens with one attached hydrogen (secondary N) is 1. The van der Waals surface area contributed by atoms with Crippen LogP contribution in [0, 0.1) is 0 Å². The van der Waals surface area contributed by atoms with E-state index in [0.717, 1.165) is 44.9 Å². The Morgan fingerprint density at radius 1 is 1.14 bits per heavy atom. The summed E-state index contributed by atoms with van der Waals surface area (Å²) in [5.41, 5.74) is 0.386. The average Bonchev–Trinajstić information content (AvgIpc) is 3.10. The molecule has 2 atom stereocenters. The van der Waals surface area contributed by atoms with Crippen LogP contribution in [0.25, 0.3) is 0 Å². The Bertz CT molecular complexity index is 1000. The summed E-state index contributed by atoms with van der Waals surface area (Å²) in [6.45, 7) is 7.52. The first-order chi connectivity index (χ1) is 16.5. The fraction of sp³-hybridized carbons (Fsp3) is 0.652. The molecule has 0 radical (unpaired) electrons. The van der Waals surface area contributed by atoms with Gasteiger partial charge in [0.1, 0.15) is 6.20 Å². The van der Waals surface area contributed by atoms with Crippen molar-refractivity contribution in [2.24, 2.45) is 14.1 Å². The zero-order chi connectivity index (χ0) is 25.3. The first-order valence-corrected chi connectivity index (χ1v) is 12.0. The van der Waals surface area contributed by atoms with Gasteiger partial charge in [-0.2, -0.15) is 13.2 Å². The number of piperidine rings is 1. The van der Waals surface area contributed by atoms with Gasteiger partial charge in [-0.25, -0.2) is 23.9 Å². The number of carbonyl (C=O) groups is 1. The highest BCUT2D eigenvalue weighted by molar-refractivity contribution is 5.75. The highest BCUT2D eigenvalue weighted by atomic mass is 19.4. The molecule has 12 heteroatoms. The summed E-state index contributed by atoms with van der Waals surface area (Å²) in [6.07, 6.45) is 3.11. The van der Waals surface area contributed by atoms with Crippen molar-refractivity contribution < 1.29 is 22.5 Å². The molecule has 9 nitrogen and oxygen atoms in total. The predicted octanol–water partition coefficient (Wildman–Crippen LogP) is 1.93. The molecular formula is C23H34F3N8O+. The molecule has 4 heterocycles. The van der Waals surface area contributed by atoms with Gasteiger partial charge in [0.2, 0.25) is 12.3 Å². The maximum atomic E-state index is 13.1. The van der Waals surface area contributed by atoms with Crippen molar-refractivity contribution in [2.75, 3.05) is 31.1 Å². The molecule has 1 N–H and O–H groups in total. The van der Waals surface area contributed by atoms with Crippen molar-refractivity contribution in [3.63, 3.8) is 0 Å². The van der Waals surface area contributed by atoms with Crippen LogP contribution in [0.1, 0.15) is 37.9 Å². The third-order valence-corrected chi connectivity index (χ3v) is 6.86. The second-order valence-electron chi connectivity index (χ2n) is 9.79. The Labute approximate surface area is 203 Å². The quantitative estimate of drug-likeness (QED) is 0.657. The number of carbonyl (C=O) groups excluding carboxylic acids is 1. The number of nitrogens with zero attached hydrogens (tertiary/aromatic N) is 7. The number of imidazole rings is 1. The van der Waals surface area contributed by atoms with Gasteiger partial charge < -0.3 is 15.1 Å². The normalized spacial score (nSPS) is 22.5. The molecule has 2 saturated heterocycles. The van der Waals surface area contributed by atoms with Gasteiger partial charge in [0.15, 0.2) is 5.69 Å². The van der Waals surface area contributed by atoms with Gasteiger partial charge in [-0.15, -0.1) is 0 Å². The Morgan fingerprint density at radius 3 is 2.26 bits per heavy atom. The van der Waals surface area contributed by atoms with Gasteiger partial charge >= 0.3 is 12.2 Å². The molecular weight excluding hydrogens is 461 g/mol. The van der Waals surface area contributed by atoms with Gasteiger partial charge in [-0.3, -0.25) is 4.90 Å². The number of amides is 2. The maximum Gasteiger partial charge on any atom is 0.419 e. The minimum Gasteiger partial charge on any atom is -0.337 e. The number of piperazine rings is 1. The molecule has 192 valence electrons. The summed E-state index contributed by atoms with van der Waals surface area (Å²) in [5.74, 6) is 0.246. The highest BCUT2D eigenvalue weighted by Crippen LogP contribution is 2.29. The number of hydrogen-bond acceptors (Lipinski definition) is 5. The Morgan fingerprint density at radius 2 is 1.74 bits per heavy atom. The molecule has 0 aromatic carbocycles. The number of urea groups is 1. The van der Waals surface area contributed by atoms with Crippen LogP contribution in [0.2, 0.25) is 0 Å². The summed E-state index contributed by atoms with van der Waals surface area (Å²) < 4.78 is 42.6. The first-order valence-electron chi connectivity index (χ1n) is 12.0. The fourth-order valence-electron chi connectivity index (χ4n) is 5.09. The summed E-state index contributed by atoms with van der Waals surface area (Å²) in [5, 5.41) is 3.20. The summed E-state index contributed by atoms with van der Waals surface area (Å²) in [7, 11) is 4.07. The Kier molecular flexibility index (Phi) is 7.20. The van der Waals surface area contributed by atoms with E-state index in [1.165, 1.54) is 5.69 Å². The van der Waals surface area contributed by atoms with Crippen LogP contribution in [0.4, 0.5) is 23.9 Å². The van der Waals surface area contributed by atoms with Crippen LogP contribution in [0.3, 0.4) is 0 Å². The van der Waals surface area contributed by atoms with Crippen LogP contribution < -0.4 is 14.8 Å². The van der Waals surface area contributed by atoms with Gasteiger partial charge in [-0.05, 0) is 26.7 Å². The zero-order valence-electron chi connectivity index (χ0n) is 20.7. The van der Waals surface area contributed by atoms with E-state index in [-0.39, 0.29) is 30.1 Å². The molecule has 0 unspecified atom stereocenters. The van der Waals surface area contributed by atoms with Gasteiger partial charge in [0.05, 0.1) is 26.2 Å². The first kappa shape index (κ1) is 25.2. The zero-order valence-corrected chi connectivity index (χ0v) is 20.7. The lowest BCUT2D eigenvalue weighted by Gasteiger charge is -2.45. The molecule has 0 bridgehead atoms. The Hall–Kier alpha value is -2.89. The van der Waals surface area contributed by atoms with E-state index < -0.39 is 11.7 Å². The number of rotatable bonds is 4. The molecule has 2 fully saturated rings. The molecule has 0 saturated carbocycles. The van der Waals surface area contributed by atoms with Crippen molar-refractivity contribution >= 4 is 12.0 Å². The number of hydrogen-bond donors (Lipinski definition) is 1. The van der Waals surface area contributed by atoms with Crippen LogP contribution in [0.5, 0.6) is 0 Å². The predicted molar refractivity (Wildman–Crippen MR) is 123 cm³/mol. The van der Waals surface area contributed by atoms with Crippen LogP contribution >= 0.6 is 0 Å². The molecule has 2 amide bonds. The monoisotopic (exact) mass is 495 g/mol. The molecule has 2 aliphatic heterocycles. The molecule has 2 aromatic heterocycles. The molecule has 4 rings (SSSR count). The van der Waals surface area contributed by atoms with Crippen molar-refractivity contribution in [2.45, 2.75) is 57.5 Å². The minimum atomic E-state index is -4.47. The second kappa shape index (κ2) is 10.00. The van der Waals surface area contributed by atoms with Gasteiger partial charge in [0, 0.05) is 56.7 Å². The summed E-state index contributed by atoms with van der Waals surface area (Å²) >= 11 is 0. The van der Waals surface area contributed by atoms with E-state index in [1.807, 2.05) is 48.6 Å². The van der Waals surface area contributed by atoms with Crippen LogP contribution in [-0.4, -0.2) is 74.7 Å². The van der Waals surface area contributed by atoms with Gasteiger partial charge in [-0.1, -0.05) is 0 Å². The number of alkyl halides is 3. The number of aromatic nitrogens is 4. The van der Waals surface area contributed by atoms with Crippen molar-refractivity contribution in [3.8, 4) is 0 Å². The number of anilines is 1. The van der Waals surface area contributed by atoms with Crippen LogP contribution in [0.15, 0.2) is 24.9 Å². The maximum absolute atomic E-state index is 13.1. The molecule has 0 spiro atoms. The third kappa shape index (κ3) is 5.85. The van der Waals surface area contributed by atoms with E-state index in [1.54, 1.807) is 0 Å². The van der Waals surface area contributed by atoms with E-state index in [2.05, 4.69) is 30.9 Å². The fourth-order valence-corrected chi connectivity index (χ4v) is 5.09. The minimum absolute atomic E-state index is 0.0918. The van der Waals surface area contributed by atoms with Gasteiger partial charge in [0.25, 0.3) is 0 Å². The number of likely N-dealkylation sites (tertiary alicyclic amines) is 1. The third-order valence-electron chi connectivity index (χ3n) is 6.86. The summed E-state index contributed by atoms with van der Waals surface area (Å²) in [4.78, 5) is 27.0. The topological polar surface area (TPSA) is 73.4 Å². The molecule has 2 aromatic rings. The van der Waals surface area contributed by atoms with Crippen molar-refractivity contribution in [3.05, 3.63) is 36.2 Å². The standard InChI is InChI=1S/C23H33F3N8O/c1-16-11-33(21-27-9-18(10-28-21)23(24,25)26)12-17(2)34(16)22(35)29-19-5-7-32(8-6-19)14-20-13-30(3)15-31(20)4/h9-10,13,15-17,19H,5-8,11-12,14H2,1-4H3/p+1/t16-,17+. The number of aryl methyl sites for hydroxylation is 2. The van der Waals surface area contributed by atoms with E-state index in [4.69, 9.17) is 0 Å². The molecule has 35 heavy (non-hydrogen) atoms. The molecule has 2 aliphatic rings. The Balaban J connectivity index is 1.28. The number of halogens is 3. The smallest absolute Gasteiger partial charge is 0.337 e. The molecule has 0 aliphatic carbocycles.